The summed E-state index contributed by atoms with van der Waals surface area (Å²) in [6, 6.07) is 15.8. The highest BCUT2D eigenvalue weighted by molar-refractivity contribution is 6.30. The van der Waals surface area contributed by atoms with E-state index in [1.54, 1.807) is 0 Å². The van der Waals surface area contributed by atoms with Crippen LogP contribution in [0.25, 0.3) is 0 Å². The maximum Gasteiger partial charge on any atom is 0.127 e. The summed E-state index contributed by atoms with van der Waals surface area (Å²) in [5.41, 5.74) is 1.31. The Labute approximate surface area is 137 Å². The Hall–Kier alpha value is -1.51. The summed E-state index contributed by atoms with van der Waals surface area (Å²) in [5, 5.41) is 0.723. The molecular formula is C19H22ClNO. The van der Waals surface area contributed by atoms with Crippen molar-refractivity contribution in [1.29, 1.82) is 0 Å². The van der Waals surface area contributed by atoms with Crippen LogP contribution in [0.2, 0.25) is 5.02 Å². The van der Waals surface area contributed by atoms with Gasteiger partial charge in [-0.2, -0.15) is 0 Å². The molecule has 0 spiro atoms. The Morgan fingerprint density at radius 2 is 1.77 bits per heavy atom. The van der Waals surface area contributed by atoms with E-state index in [1.807, 2.05) is 30.3 Å². The van der Waals surface area contributed by atoms with Gasteiger partial charge in [0, 0.05) is 11.6 Å². The summed E-state index contributed by atoms with van der Waals surface area (Å²) in [6.07, 6.45) is 2.61. The van der Waals surface area contributed by atoms with Gasteiger partial charge in [0.2, 0.25) is 0 Å². The lowest BCUT2D eigenvalue weighted by atomic mass is 9.99. The fourth-order valence-corrected chi connectivity index (χ4v) is 2.95. The first-order valence-corrected chi connectivity index (χ1v) is 8.31. The summed E-state index contributed by atoms with van der Waals surface area (Å²) in [6.45, 7) is 5.75. The molecule has 116 valence electrons. The second kappa shape index (κ2) is 7.17. The molecule has 0 amide bonds. The maximum absolute atomic E-state index is 5.90. The normalized spacial score (nSPS) is 16.6. The number of hydrogen-bond acceptors (Lipinski definition) is 2. The molecule has 2 nitrogen and oxygen atoms in total. The fourth-order valence-electron chi connectivity index (χ4n) is 2.82. The molecule has 3 heteroatoms. The third kappa shape index (κ3) is 4.25. The van der Waals surface area contributed by atoms with Gasteiger partial charge in [-0.15, -0.1) is 0 Å². The molecule has 0 N–H and O–H groups in total. The third-order valence-electron chi connectivity index (χ3n) is 4.23. The van der Waals surface area contributed by atoms with Crippen LogP contribution in [0.5, 0.6) is 11.5 Å². The number of nitrogens with zero attached hydrogens (tertiary/aromatic N) is 1. The number of hydrogen-bond donors (Lipinski definition) is 0. The lowest BCUT2D eigenvalue weighted by Gasteiger charge is -2.30. The van der Waals surface area contributed by atoms with Crippen LogP contribution < -0.4 is 4.74 Å². The summed E-state index contributed by atoms with van der Waals surface area (Å²) >= 11 is 5.90. The van der Waals surface area contributed by atoms with Crippen molar-refractivity contribution < 1.29 is 4.74 Å². The number of ether oxygens (including phenoxy) is 1. The first-order chi connectivity index (χ1) is 10.7. The molecule has 22 heavy (non-hydrogen) atoms. The molecule has 0 aliphatic carbocycles. The molecule has 0 unspecified atom stereocenters. The van der Waals surface area contributed by atoms with Gasteiger partial charge < -0.3 is 4.74 Å². The molecule has 1 aliphatic rings. The minimum Gasteiger partial charge on any atom is -0.457 e. The van der Waals surface area contributed by atoms with Crippen molar-refractivity contribution in [1.82, 2.24) is 4.90 Å². The molecule has 3 rings (SSSR count). The minimum atomic E-state index is 0.723. The minimum absolute atomic E-state index is 0.723. The molecule has 0 atom stereocenters. The summed E-state index contributed by atoms with van der Waals surface area (Å²) in [7, 11) is 0. The quantitative estimate of drug-likeness (QED) is 0.752. The predicted octanol–water partition coefficient (Wildman–Crippen LogP) is 5.36. The van der Waals surface area contributed by atoms with Crippen LogP contribution in [0.15, 0.2) is 48.5 Å². The van der Waals surface area contributed by atoms with Crippen molar-refractivity contribution in [2.45, 2.75) is 26.3 Å². The van der Waals surface area contributed by atoms with E-state index < -0.39 is 0 Å². The Morgan fingerprint density at radius 3 is 2.50 bits per heavy atom. The molecule has 0 radical (unpaired) electrons. The lowest BCUT2D eigenvalue weighted by Crippen LogP contribution is -2.32. The van der Waals surface area contributed by atoms with Crippen molar-refractivity contribution in [3.8, 4) is 11.5 Å². The summed E-state index contributed by atoms with van der Waals surface area (Å²) in [4.78, 5) is 2.53. The van der Waals surface area contributed by atoms with Gasteiger partial charge in [-0.3, -0.25) is 4.90 Å². The molecule has 1 aliphatic heterocycles. The number of rotatable bonds is 4. The van der Waals surface area contributed by atoms with Crippen LogP contribution in [0.1, 0.15) is 25.3 Å². The largest absolute Gasteiger partial charge is 0.457 e. The second-order valence-corrected chi connectivity index (χ2v) is 6.60. The zero-order valence-electron chi connectivity index (χ0n) is 13.0. The number of halogens is 1. The first kappa shape index (κ1) is 15.4. The Bertz CT molecular complexity index is 603. The molecule has 2 aromatic rings. The van der Waals surface area contributed by atoms with Crippen LogP contribution in [0, 0.1) is 5.92 Å². The summed E-state index contributed by atoms with van der Waals surface area (Å²) < 4.78 is 5.90. The monoisotopic (exact) mass is 315 g/mol. The van der Waals surface area contributed by atoms with Gasteiger partial charge in [-0.1, -0.05) is 30.7 Å². The van der Waals surface area contributed by atoms with Crippen LogP contribution in [-0.4, -0.2) is 18.0 Å². The molecule has 0 bridgehead atoms. The van der Waals surface area contributed by atoms with Crippen molar-refractivity contribution in [2.24, 2.45) is 5.92 Å². The fraction of sp³-hybridized carbons (Fsp3) is 0.368. The molecule has 2 aromatic carbocycles. The van der Waals surface area contributed by atoms with Crippen molar-refractivity contribution >= 4 is 11.6 Å². The van der Waals surface area contributed by atoms with E-state index >= 15 is 0 Å². The van der Waals surface area contributed by atoms with E-state index in [-0.39, 0.29) is 0 Å². The van der Waals surface area contributed by atoms with Gasteiger partial charge in [-0.25, -0.2) is 0 Å². The van der Waals surface area contributed by atoms with Gasteiger partial charge in [0.25, 0.3) is 0 Å². The van der Waals surface area contributed by atoms with E-state index in [0.29, 0.717) is 0 Å². The van der Waals surface area contributed by atoms with Gasteiger partial charge in [0.1, 0.15) is 11.5 Å². The van der Waals surface area contributed by atoms with Crippen LogP contribution in [0.4, 0.5) is 0 Å². The maximum atomic E-state index is 5.90. The van der Waals surface area contributed by atoms with E-state index in [1.165, 1.54) is 31.5 Å². The standard InChI is InChI=1S/C19H22ClNO/c1-15-9-11-21(12-10-15)14-16-3-2-4-19(13-16)22-18-7-5-17(20)6-8-18/h2-8,13,15H,9-12,14H2,1H3. The summed E-state index contributed by atoms with van der Waals surface area (Å²) in [5.74, 6) is 2.56. The van der Waals surface area contributed by atoms with Crippen LogP contribution in [0.3, 0.4) is 0 Å². The molecule has 0 saturated carbocycles. The molecular weight excluding hydrogens is 294 g/mol. The second-order valence-electron chi connectivity index (χ2n) is 6.16. The van der Waals surface area contributed by atoms with Gasteiger partial charge in [0.05, 0.1) is 0 Å². The first-order valence-electron chi connectivity index (χ1n) is 7.94. The average Bonchev–Trinajstić information content (AvgIpc) is 2.52. The van der Waals surface area contributed by atoms with Crippen LogP contribution in [-0.2, 0) is 6.54 Å². The lowest BCUT2D eigenvalue weighted by molar-refractivity contribution is 0.185. The smallest absolute Gasteiger partial charge is 0.127 e. The van der Waals surface area contributed by atoms with Gasteiger partial charge >= 0.3 is 0 Å². The Balaban J connectivity index is 1.63. The van der Waals surface area contributed by atoms with Crippen molar-refractivity contribution in [3.63, 3.8) is 0 Å². The highest BCUT2D eigenvalue weighted by atomic mass is 35.5. The van der Waals surface area contributed by atoms with Gasteiger partial charge in [0.15, 0.2) is 0 Å². The number of benzene rings is 2. The molecule has 1 saturated heterocycles. The zero-order valence-corrected chi connectivity index (χ0v) is 13.7. The van der Waals surface area contributed by atoms with Gasteiger partial charge in [-0.05, 0) is 73.8 Å². The average molecular weight is 316 g/mol. The van der Waals surface area contributed by atoms with E-state index in [4.69, 9.17) is 16.3 Å². The predicted molar refractivity (Wildman–Crippen MR) is 91.6 cm³/mol. The van der Waals surface area contributed by atoms with E-state index in [9.17, 15) is 0 Å². The Kier molecular flexibility index (Phi) is 5.01. The highest BCUT2D eigenvalue weighted by Gasteiger charge is 2.15. The highest BCUT2D eigenvalue weighted by Crippen LogP contribution is 2.25. The topological polar surface area (TPSA) is 12.5 Å². The van der Waals surface area contributed by atoms with Crippen molar-refractivity contribution in [3.05, 3.63) is 59.1 Å². The van der Waals surface area contributed by atoms with E-state index in [0.717, 1.165) is 29.0 Å². The van der Waals surface area contributed by atoms with Crippen LogP contribution >= 0.6 is 11.6 Å². The number of piperidine rings is 1. The molecule has 1 heterocycles. The third-order valence-corrected chi connectivity index (χ3v) is 4.48. The molecule has 0 aromatic heterocycles. The van der Waals surface area contributed by atoms with Crippen molar-refractivity contribution in [2.75, 3.05) is 13.1 Å². The zero-order chi connectivity index (χ0) is 15.4. The van der Waals surface area contributed by atoms with E-state index in [2.05, 4.69) is 30.0 Å². The Morgan fingerprint density at radius 1 is 1.05 bits per heavy atom. The molecule has 1 fully saturated rings. The SMILES string of the molecule is CC1CCN(Cc2cccc(Oc3ccc(Cl)cc3)c2)CC1. The number of likely N-dealkylation sites (tertiary alicyclic amines) is 1.